The largest absolute Gasteiger partial charge is 0.444 e. The highest BCUT2D eigenvalue weighted by atomic mass is 35.5. The van der Waals surface area contributed by atoms with Gasteiger partial charge in [-0.05, 0) is 100 Å². The van der Waals surface area contributed by atoms with Crippen molar-refractivity contribution in [2.75, 3.05) is 18.5 Å². The van der Waals surface area contributed by atoms with Gasteiger partial charge in [-0.15, -0.1) is 0 Å². The van der Waals surface area contributed by atoms with Gasteiger partial charge in [0.1, 0.15) is 11.6 Å². The van der Waals surface area contributed by atoms with Crippen LogP contribution in [-0.4, -0.2) is 65.1 Å². The molecule has 49 heavy (non-hydrogen) atoms. The summed E-state index contributed by atoms with van der Waals surface area (Å²) in [4.78, 5) is 63.2. The molecule has 0 bridgehead atoms. The number of nitrogens with one attached hydrogen (secondary N) is 4. The van der Waals surface area contributed by atoms with Crippen LogP contribution in [0.3, 0.4) is 0 Å². The van der Waals surface area contributed by atoms with Crippen LogP contribution < -0.4 is 21.3 Å². The van der Waals surface area contributed by atoms with E-state index < -0.39 is 35.3 Å². The number of anilines is 1. The van der Waals surface area contributed by atoms with Crippen LogP contribution >= 0.6 is 11.6 Å². The van der Waals surface area contributed by atoms with E-state index in [2.05, 4.69) is 35.1 Å². The molecule has 1 unspecified atom stereocenters. The number of rotatable bonds is 12. The van der Waals surface area contributed by atoms with E-state index in [9.17, 15) is 24.0 Å². The first kappa shape index (κ1) is 37.7. The molecule has 2 aromatic rings. The van der Waals surface area contributed by atoms with Crippen molar-refractivity contribution in [3.05, 3.63) is 63.7 Å². The molecule has 6 amide bonds. The van der Waals surface area contributed by atoms with Crippen LogP contribution in [0.5, 0.6) is 0 Å². The second-order valence-corrected chi connectivity index (χ2v) is 15.3. The average Bonchev–Trinajstić information content (AvgIpc) is 3.29. The predicted octanol–water partition coefficient (Wildman–Crippen LogP) is 5.80. The molecular formula is C36H48ClN5O7. The van der Waals surface area contributed by atoms with Crippen LogP contribution in [0.25, 0.3) is 0 Å². The Balaban J connectivity index is 1.27. The van der Waals surface area contributed by atoms with Crippen molar-refractivity contribution < 1.29 is 33.4 Å². The molecule has 0 saturated carbocycles. The van der Waals surface area contributed by atoms with Crippen LogP contribution in [0, 0.1) is 0 Å². The number of carbonyl (C=O) groups excluding carboxylic acids is 5. The van der Waals surface area contributed by atoms with Gasteiger partial charge in [-0.25, -0.2) is 9.59 Å². The van der Waals surface area contributed by atoms with E-state index in [-0.39, 0.29) is 36.7 Å². The summed E-state index contributed by atoms with van der Waals surface area (Å²) in [7, 11) is 0. The molecule has 0 spiro atoms. The number of alkyl carbamates (subject to hydrolysis) is 1. The Hall–Kier alpha value is -4.16. The first-order chi connectivity index (χ1) is 22.8. The molecule has 266 valence electrons. The first-order valence-corrected chi connectivity index (χ1v) is 16.9. The number of imide groups is 1. The fourth-order valence-electron chi connectivity index (χ4n) is 5.73. The molecular weight excluding hydrogens is 650 g/mol. The number of hydrogen-bond donors (Lipinski definition) is 4. The van der Waals surface area contributed by atoms with Crippen LogP contribution in [0.15, 0.2) is 36.4 Å². The summed E-state index contributed by atoms with van der Waals surface area (Å²) in [6.07, 6.45) is 1.33. The zero-order chi connectivity index (χ0) is 36.1. The van der Waals surface area contributed by atoms with Gasteiger partial charge >= 0.3 is 12.1 Å². The lowest BCUT2D eigenvalue weighted by molar-refractivity contribution is -0.136. The van der Waals surface area contributed by atoms with E-state index in [0.717, 1.165) is 16.7 Å². The second kappa shape index (κ2) is 15.2. The number of piperidine rings is 1. The predicted molar refractivity (Wildman–Crippen MR) is 186 cm³/mol. The fraction of sp³-hybridized carbons (Fsp3) is 0.528. The summed E-state index contributed by atoms with van der Waals surface area (Å²) in [6, 6.07) is 9.68. The lowest BCUT2D eigenvalue weighted by Crippen LogP contribution is -2.52. The SMILES string of the molecule is CC(C)(C)OC(=O)NCCC(C)(C)OCCC(C)(C)c1cc(Cl)cc(NC(=O)NCc2ccc3c(c2)CN(C2CCC(=O)NC2=O)C3=O)c1. The van der Waals surface area contributed by atoms with E-state index in [1.807, 2.05) is 52.8 Å². The van der Waals surface area contributed by atoms with E-state index in [1.165, 1.54) is 4.90 Å². The zero-order valence-electron chi connectivity index (χ0n) is 29.4. The summed E-state index contributed by atoms with van der Waals surface area (Å²) in [6.45, 7) is 15.0. The van der Waals surface area contributed by atoms with E-state index >= 15 is 0 Å². The minimum absolute atomic E-state index is 0.192. The standard InChI is InChI=1S/C36H48ClN5O7/c1-34(2,3)49-33(47)38-14-12-36(6,7)48-15-13-35(4,5)24-17-25(37)19-26(18-24)40-32(46)39-20-22-8-9-27-23(16-22)21-42(31(27)45)28-10-11-29(43)41-30(28)44/h8-9,16-19,28H,10-15,20-21H2,1-7H3,(H,38,47)(H2,39,40,46)(H,41,43,44). The number of ether oxygens (including phenoxy) is 2. The molecule has 0 radical (unpaired) electrons. The smallest absolute Gasteiger partial charge is 0.407 e. The number of nitrogens with zero attached hydrogens (tertiary/aromatic N) is 1. The summed E-state index contributed by atoms with van der Waals surface area (Å²) < 4.78 is 11.5. The van der Waals surface area contributed by atoms with Crippen LogP contribution in [0.2, 0.25) is 5.02 Å². The van der Waals surface area contributed by atoms with Crippen molar-refractivity contribution in [2.45, 2.75) is 110 Å². The van der Waals surface area contributed by atoms with Gasteiger partial charge in [0.25, 0.3) is 5.91 Å². The van der Waals surface area contributed by atoms with Crippen molar-refractivity contribution in [3.63, 3.8) is 0 Å². The van der Waals surface area contributed by atoms with Crippen molar-refractivity contribution >= 4 is 47.1 Å². The summed E-state index contributed by atoms with van der Waals surface area (Å²) in [5.41, 5.74) is 2.20. The van der Waals surface area contributed by atoms with Gasteiger partial charge in [0.2, 0.25) is 11.8 Å². The van der Waals surface area contributed by atoms with Crippen molar-refractivity contribution in [1.29, 1.82) is 0 Å². The first-order valence-electron chi connectivity index (χ1n) is 16.6. The molecule has 1 atom stereocenters. The lowest BCUT2D eigenvalue weighted by atomic mass is 9.81. The maximum Gasteiger partial charge on any atom is 0.407 e. The quantitative estimate of drug-likeness (QED) is 0.204. The van der Waals surface area contributed by atoms with Crippen LogP contribution in [-0.2, 0) is 37.6 Å². The van der Waals surface area contributed by atoms with Gasteiger partial charge in [0.05, 0.1) is 5.60 Å². The van der Waals surface area contributed by atoms with Crippen LogP contribution in [0.4, 0.5) is 15.3 Å². The highest BCUT2D eigenvalue weighted by Gasteiger charge is 2.39. The Morgan fingerprint density at radius 2 is 1.71 bits per heavy atom. The third kappa shape index (κ3) is 10.7. The number of amides is 6. The van der Waals surface area contributed by atoms with Gasteiger partial charge in [0, 0.05) is 48.9 Å². The molecule has 0 aliphatic carbocycles. The minimum Gasteiger partial charge on any atom is -0.444 e. The van der Waals surface area contributed by atoms with Gasteiger partial charge in [-0.2, -0.15) is 0 Å². The van der Waals surface area contributed by atoms with Gasteiger partial charge in [-0.3, -0.25) is 19.7 Å². The Morgan fingerprint density at radius 1 is 0.980 bits per heavy atom. The normalized spacial score (nSPS) is 16.6. The molecule has 1 fully saturated rings. The molecule has 13 heteroatoms. The third-order valence-corrected chi connectivity index (χ3v) is 8.81. The molecule has 12 nitrogen and oxygen atoms in total. The van der Waals surface area contributed by atoms with E-state index in [4.69, 9.17) is 21.1 Å². The molecule has 2 aliphatic rings. The van der Waals surface area contributed by atoms with Crippen molar-refractivity contribution in [3.8, 4) is 0 Å². The molecule has 1 saturated heterocycles. The Labute approximate surface area is 293 Å². The summed E-state index contributed by atoms with van der Waals surface area (Å²) in [5, 5.41) is 11.3. The minimum atomic E-state index is -0.684. The van der Waals surface area contributed by atoms with E-state index in [0.29, 0.717) is 48.7 Å². The Kier molecular flexibility index (Phi) is 11.7. The monoisotopic (exact) mass is 697 g/mol. The van der Waals surface area contributed by atoms with Crippen molar-refractivity contribution in [1.82, 2.24) is 20.9 Å². The topological polar surface area (TPSA) is 155 Å². The van der Waals surface area contributed by atoms with Gasteiger partial charge in [-0.1, -0.05) is 37.6 Å². The van der Waals surface area contributed by atoms with E-state index in [1.54, 1.807) is 18.2 Å². The van der Waals surface area contributed by atoms with Crippen LogP contribution in [0.1, 0.15) is 101 Å². The number of carbonyl (C=O) groups is 5. The number of benzene rings is 2. The lowest BCUT2D eigenvalue weighted by Gasteiger charge is -2.30. The zero-order valence-corrected chi connectivity index (χ0v) is 30.1. The average molecular weight is 698 g/mol. The number of fused-ring (bicyclic) bond motifs is 1. The number of halogens is 1. The highest BCUT2D eigenvalue weighted by molar-refractivity contribution is 6.31. The molecule has 4 N–H and O–H groups in total. The Bertz CT molecular complexity index is 1600. The molecule has 0 aromatic heterocycles. The van der Waals surface area contributed by atoms with Crippen molar-refractivity contribution in [2.24, 2.45) is 0 Å². The maximum atomic E-state index is 13.0. The fourth-order valence-corrected chi connectivity index (χ4v) is 5.96. The highest BCUT2D eigenvalue weighted by Crippen LogP contribution is 2.33. The summed E-state index contributed by atoms with van der Waals surface area (Å²) >= 11 is 6.47. The molecule has 2 heterocycles. The molecule has 2 aliphatic heterocycles. The molecule has 2 aromatic carbocycles. The number of hydrogen-bond acceptors (Lipinski definition) is 7. The molecule has 4 rings (SSSR count). The second-order valence-electron chi connectivity index (χ2n) is 14.8. The van der Waals surface area contributed by atoms with Gasteiger partial charge in [0.15, 0.2) is 0 Å². The van der Waals surface area contributed by atoms with Gasteiger partial charge < -0.3 is 30.3 Å². The Morgan fingerprint density at radius 3 is 2.41 bits per heavy atom. The number of urea groups is 1. The summed E-state index contributed by atoms with van der Waals surface area (Å²) in [5.74, 6) is -1.03. The maximum absolute atomic E-state index is 13.0. The third-order valence-electron chi connectivity index (χ3n) is 8.59.